The number of ether oxygens (including phenoxy) is 1. The van der Waals surface area contributed by atoms with Crippen LogP contribution in [0.15, 0.2) is 30.5 Å². The van der Waals surface area contributed by atoms with Crippen LogP contribution in [0.1, 0.15) is 17.4 Å². The summed E-state index contributed by atoms with van der Waals surface area (Å²) < 4.78 is 5.30. The number of nitrogens with one attached hydrogen (secondary N) is 1. The van der Waals surface area contributed by atoms with Crippen LogP contribution in [-0.2, 0) is 4.74 Å². The lowest BCUT2D eigenvalue weighted by Crippen LogP contribution is -2.10. The second-order valence-electron chi connectivity index (χ2n) is 3.67. The number of rotatable bonds is 7. The first-order chi connectivity index (χ1) is 8.09. The lowest BCUT2D eigenvalue weighted by Gasteiger charge is -2.07. The van der Waals surface area contributed by atoms with Gasteiger partial charge < -0.3 is 15.2 Å². The van der Waals surface area contributed by atoms with Gasteiger partial charge in [0.2, 0.25) is 0 Å². The number of carbonyl (C=O) groups is 1. The Morgan fingerprint density at radius 1 is 1.59 bits per heavy atom. The Labute approximate surface area is 100 Å². The number of carboxylic acid groups (broad SMARTS) is 1. The van der Waals surface area contributed by atoms with Gasteiger partial charge in [-0.3, -0.25) is 0 Å². The molecule has 0 aliphatic carbocycles. The third-order valence-corrected chi connectivity index (χ3v) is 1.91. The molecule has 2 N–H and O–H groups in total. The van der Waals surface area contributed by atoms with Crippen LogP contribution >= 0.6 is 0 Å². The maximum Gasteiger partial charge on any atom is 0.354 e. The van der Waals surface area contributed by atoms with Crippen molar-refractivity contribution in [3.63, 3.8) is 0 Å². The van der Waals surface area contributed by atoms with Gasteiger partial charge in [0.25, 0.3) is 0 Å². The summed E-state index contributed by atoms with van der Waals surface area (Å²) in [4.78, 5) is 14.4. The van der Waals surface area contributed by atoms with Crippen molar-refractivity contribution >= 4 is 11.7 Å². The Bertz CT molecular complexity index is 387. The van der Waals surface area contributed by atoms with E-state index in [1.807, 2.05) is 6.92 Å². The number of carboxylic acids is 1. The van der Waals surface area contributed by atoms with Crippen LogP contribution < -0.4 is 5.32 Å². The minimum atomic E-state index is -1.03. The molecule has 92 valence electrons. The molecule has 1 aromatic heterocycles. The molecule has 0 spiro atoms. The van der Waals surface area contributed by atoms with Crippen LogP contribution in [0.25, 0.3) is 0 Å². The second-order valence-corrected chi connectivity index (χ2v) is 3.67. The number of hydrogen-bond acceptors (Lipinski definition) is 4. The summed E-state index contributed by atoms with van der Waals surface area (Å²) in [7, 11) is 0. The first-order valence-electron chi connectivity index (χ1n) is 5.25. The van der Waals surface area contributed by atoms with Crippen molar-refractivity contribution in [3.8, 4) is 0 Å². The number of hydrogen-bond donors (Lipinski definition) is 2. The fourth-order valence-electron chi connectivity index (χ4n) is 1.14. The van der Waals surface area contributed by atoms with Crippen LogP contribution in [0.2, 0.25) is 0 Å². The monoisotopic (exact) mass is 236 g/mol. The Balaban J connectivity index is 2.27. The Morgan fingerprint density at radius 3 is 2.88 bits per heavy atom. The summed E-state index contributed by atoms with van der Waals surface area (Å²) in [6, 6.07) is 3.13. The highest BCUT2D eigenvalue weighted by atomic mass is 16.5. The zero-order valence-electron chi connectivity index (χ0n) is 9.77. The summed E-state index contributed by atoms with van der Waals surface area (Å²) in [5, 5.41) is 11.7. The number of pyridine rings is 1. The summed E-state index contributed by atoms with van der Waals surface area (Å²) in [6.45, 7) is 7.39. The Hall–Kier alpha value is -1.88. The van der Waals surface area contributed by atoms with E-state index in [2.05, 4.69) is 16.9 Å². The number of anilines is 1. The summed E-state index contributed by atoms with van der Waals surface area (Å²) in [6.07, 6.45) is 1.49. The molecule has 1 rings (SSSR count). The van der Waals surface area contributed by atoms with Crippen LogP contribution in [0.3, 0.4) is 0 Å². The molecule has 0 aromatic carbocycles. The van der Waals surface area contributed by atoms with Gasteiger partial charge in [0.15, 0.2) is 0 Å². The molecule has 0 saturated heterocycles. The maximum absolute atomic E-state index is 10.6. The zero-order chi connectivity index (χ0) is 12.7. The molecular weight excluding hydrogens is 220 g/mol. The van der Waals surface area contributed by atoms with Crippen molar-refractivity contribution in [2.75, 3.05) is 25.1 Å². The molecular formula is C12H16N2O3. The average molecular weight is 236 g/mol. The van der Waals surface area contributed by atoms with E-state index in [1.54, 1.807) is 6.07 Å². The van der Waals surface area contributed by atoms with Gasteiger partial charge >= 0.3 is 5.97 Å². The molecule has 17 heavy (non-hydrogen) atoms. The number of nitrogens with zero attached hydrogens (tertiary/aromatic N) is 1. The van der Waals surface area contributed by atoms with Gasteiger partial charge in [0.1, 0.15) is 5.69 Å². The molecule has 1 heterocycles. The van der Waals surface area contributed by atoms with E-state index in [-0.39, 0.29) is 5.69 Å². The van der Waals surface area contributed by atoms with E-state index in [9.17, 15) is 4.79 Å². The van der Waals surface area contributed by atoms with Crippen molar-refractivity contribution in [1.29, 1.82) is 0 Å². The molecule has 1 aromatic rings. The fraction of sp³-hybridized carbons (Fsp3) is 0.333. The SMILES string of the molecule is C=C(C)COCCNc1ccc(C(=O)O)nc1. The summed E-state index contributed by atoms with van der Waals surface area (Å²) in [5.74, 6) is -1.03. The van der Waals surface area contributed by atoms with Crippen molar-refractivity contribution < 1.29 is 14.6 Å². The van der Waals surface area contributed by atoms with E-state index >= 15 is 0 Å². The van der Waals surface area contributed by atoms with E-state index < -0.39 is 5.97 Å². The molecule has 0 fully saturated rings. The minimum Gasteiger partial charge on any atom is -0.477 e. The topological polar surface area (TPSA) is 71.5 Å². The molecule has 0 aliphatic rings. The predicted molar refractivity (Wildman–Crippen MR) is 65.3 cm³/mol. The Kier molecular flexibility index (Phi) is 5.16. The van der Waals surface area contributed by atoms with Crippen molar-refractivity contribution in [2.45, 2.75) is 6.92 Å². The lowest BCUT2D eigenvalue weighted by molar-refractivity contribution is 0.0690. The van der Waals surface area contributed by atoms with Crippen molar-refractivity contribution in [3.05, 3.63) is 36.2 Å². The molecule has 0 atom stereocenters. The van der Waals surface area contributed by atoms with Gasteiger partial charge in [0, 0.05) is 6.54 Å². The third-order valence-electron chi connectivity index (χ3n) is 1.91. The average Bonchev–Trinajstić information content (AvgIpc) is 2.29. The van der Waals surface area contributed by atoms with Gasteiger partial charge in [-0.15, -0.1) is 0 Å². The molecule has 0 unspecified atom stereocenters. The van der Waals surface area contributed by atoms with Gasteiger partial charge in [-0.2, -0.15) is 0 Å². The highest BCUT2D eigenvalue weighted by Gasteiger charge is 2.02. The Morgan fingerprint density at radius 2 is 2.35 bits per heavy atom. The molecule has 5 nitrogen and oxygen atoms in total. The van der Waals surface area contributed by atoms with E-state index in [1.165, 1.54) is 12.3 Å². The molecule has 0 aliphatic heterocycles. The highest BCUT2D eigenvalue weighted by Crippen LogP contribution is 2.05. The first-order valence-corrected chi connectivity index (χ1v) is 5.25. The number of aromatic carboxylic acids is 1. The zero-order valence-corrected chi connectivity index (χ0v) is 9.77. The van der Waals surface area contributed by atoms with Gasteiger partial charge in [-0.1, -0.05) is 12.2 Å². The molecule has 5 heteroatoms. The van der Waals surface area contributed by atoms with Crippen molar-refractivity contribution in [2.24, 2.45) is 0 Å². The third kappa shape index (κ3) is 5.12. The van der Waals surface area contributed by atoms with Crippen LogP contribution in [0.4, 0.5) is 5.69 Å². The molecule has 0 saturated carbocycles. The quantitative estimate of drug-likeness (QED) is 0.557. The smallest absolute Gasteiger partial charge is 0.354 e. The van der Waals surface area contributed by atoms with Gasteiger partial charge in [-0.05, 0) is 19.1 Å². The van der Waals surface area contributed by atoms with Crippen LogP contribution in [0, 0.1) is 0 Å². The minimum absolute atomic E-state index is 0.0362. The van der Waals surface area contributed by atoms with E-state index in [4.69, 9.17) is 9.84 Å². The summed E-state index contributed by atoms with van der Waals surface area (Å²) >= 11 is 0. The highest BCUT2D eigenvalue weighted by molar-refractivity contribution is 5.85. The largest absolute Gasteiger partial charge is 0.477 e. The normalized spacial score (nSPS) is 9.94. The fourth-order valence-corrected chi connectivity index (χ4v) is 1.14. The number of aromatic nitrogens is 1. The molecule has 0 radical (unpaired) electrons. The maximum atomic E-state index is 10.6. The van der Waals surface area contributed by atoms with E-state index in [0.29, 0.717) is 19.8 Å². The van der Waals surface area contributed by atoms with Crippen LogP contribution in [-0.4, -0.2) is 35.8 Å². The standard InChI is InChI=1S/C12H16N2O3/c1-9(2)8-17-6-5-13-10-3-4-11(12(15)16)14-7-10/h3-4,7,13H,1,5-6,8H2,2H3,(H,15,16). The first kappa shape index (κ1) is 13.2. The van der Waals surface area contributed by atoms with Gasteiger partial charge in [-0.25, -0.2) is 9.78 Å². The molecule has 0 bridgehead atoms. The van der Waals surface area contributed by atoms with E-state index in [0.717, 1.165) is 11.3 Å². The van der Waals surface area contributed by atoms with Gasteiger partial charge in [0.05, 0.1) is 25.1 Å². The van der Waals surface area contributed by atoms with Crippen molar-refractivity contribution in [1.82, 2.24) is 4.98 Å². The van der Waals surface area contributed by atoms with Crippen LogP contribution in [0.5, 0.6) is 0 Å². The lowest BCUT2D eigenvalue weighted by atomic mass is 10.3. The second kappa shape index (κ2) is 6.65. The summed E-state index contributed by atoms with van der Waals surface area (Å²) in [5.41, 5.74) is 1.79. The molecule has 0 amide bonds. The predicted octanol–water partition coefficient (Wildman–Crippen LogP) is 1.78.